The predicted octanol–water partition coefficient (Wildman–Crippen LogP) is 1.34. The highest BCUT2D eigenvalue weighted by Gasteiger charge is 2.22. The number of aromatic nitrogens is 2. The van der Waals surface area contributed by atoms with Crippen LogP contribution in [0.1, 0.15) is 16.8 Å². The molecule has 132 valence electrons. The minimum atomic E-state index is -0.141. The molecule has 1 aromatic heterocycles. The highest BCUT2D eigenvalue weighted by molar-refractivity contribution is 5.74. The fourth-order valence-corrected chi connectivity index (χ4v) is 2.77. The largest absolute Gasteiger partial charge is 0.493 e. The summed E-state index contributed by atoms with van der Waals surface area (Å²) in [4.78, 5) is 22.4. The van der Waals surface area contributed by atoms with Crippen LogP contribution in [-0.2, 0) is 19.5 Å². The molecule has 2 aromatic rings. The van der Waals surface area contributed by atoms with Gasteiger partial charge in [-0.1, -0.05) is 6.07 Å². The second kappa shape index (κ2) is 7.25. The number of ether oxygens (including phenoxy) is 2. The van der Waals surface area contributed by atoms with Crippen molar-refractivity contribution >= 4 is 12.0 Å². The molecule has 1 aromatic carbocycles. The SMILES string of the molecule is COc1ccc(CNC(=O)N2CCc3cnc(N)nc3C2)cc1OC. The van der Waals surface area contributed by atoms with E-state index in [1.807, 2.05) is 18.2 Å². The van der Waals surface area contributed by atoms with Crippen molar-refractivity contribution in [1.29, 1.82) is 0 Å². The van der Waals surface area contributed by atoms with Crippen molar-refractivity contribution in [3.05, 3.63) is 41.2 Å². The third-order valence-electron chi connectivity index (χ3n) is 4.14. The van der Waals surface area contributed by atoms with Gasteiger partial charge in [0.05, 0.1) is 26.5 Å². The monoisotopic (exact) mass is 343 g/mol. The molecule has 0 spiro atoms. The number of urea groups is 1. The van der Waals surface area contributed by atoms with Gasteiger partial charge in [0.1, 0.15) is 0 Å². The number of amides is 2. The van der Waals surface area contributed by atoms with Gasteiger partial charge in [-0.15, -0.1) is 0 Å². The second-order valence-corrected chi connectivity index (χ2v) is 5.72. The fraction of sp³-hybridized carbons (Fsp3) is 0.353. The van der Waals surface area contributed by atoms with Crippen LogP contribution in [0.5, 0.6) is 11.5 Å². The van der Waals surface area contributed by atoms with E-state index in [0.29, 0.717) is 31.1 Å². The number of fused-ring (bicyclic) bond motifs is 1. The van der Waals surface area contributed by atoms with Gasteiger partial charge in [-0.05, 0) is 29.7 Å². The Morgan fingerprint density at radius 2 is 2.12 bits per heavy atom. The maximum absolute atomic E-state index is 12.4. The van der Waals surface area contributed by atoms with Crippen molar-refractivity contribution in [2.45, 2.75) is 19.5 Å². The van der Waals surface area contributed by atoms with Gasteiger partial charge in [-0.2, -0.15) is 0 Å². The number of nitrogens with one attached hydrogen (secondary N) is 1. The van der Waals surface area contributed by atoms with Crippen LogP contribution < -0.4 is 20.5 Å². The van der Waals surface area contributed by atoms with Crippen LogP contribution in [0.2, 0.25) is 0 Å². The summed E-state index contributed by atoms with van der Waals surface area (Å²) in [6.07, 6.45) is 2.45. The van der Waals surface area contributed by atoms with E-state index in [9.17, 15) is 4.79 Å². The van der Waals surface area contributed by atoms with Crippen LogP contribution in [0.3, 0.4) is 0 Å². The van der Waals surface area contributed by atoms with Crippen molar-refractivity contribution < 1.29 is 14.3 Å². The molecule has 8 heteroatoms. The standard InChI is InChI=1S/C17H21N5O3/c1-24-14-4-3-11(7-15(14)25-2)8-20-17(23)22-6-5-12-9-19-16(18)21-13(12)10-22/h3-4,7,9H,5-6,8,10H2,1-2H3,(H,20,23)(H2,18,19,21). The van der Waals surface area contributed by atoms with Gasteiger partial charge in [0.25, 0.3) is 0 Å². The Kier molecular flexibility index (Phi) is 4.87. The zero-order valence-corrected chi connectivity index (χ0v) is 14.3. The lowest BCUT2D eigenvalue weighted by Gasteiger charge is -2.28. The highest BCUT2D eigenvalue weighted by Crippen LogP contribution is 2.27. The summed E-state index contributed by atoms with van der Waals surface area (Å²) in [5.41, 5.74) is 8.40. The molecule has 0 radical (unpaired) electrons. The van der Waals surface area contributed by atoms with Crippen molar-refractivity contribution in [2.24, 2.45) is 0 Å². The Balaban J connectivity index is 1.62. The minimum absolute atomic E-state index is 0.141. The smallest absolute Gasteiger partial charge is 0.318 e. The molecule has 1 aliphatic heterocycles. The first-order valence-corrected chi connectivity index (χ1v) is 7.94. The molecule has 2 heterocycles. The van der Waals surface area contributed by atoms with E-state index in [1.54, 1.807) is 25.3 Å². The van der Waals surface area contributed by atoms with Crippen LogP contribution in [0, 0.1) is 0 Å². The molecule has 8 nitrogen and oxygen atoms in total. The number of nitrogens with zero attached hydrogens (tertiary/aromatic N) is 3. The lowest BCUT2D eigenvalue weighted by Crippen LogP contribution is -2.42. The average Bonchev–Trinajstić information content (AvgIpc) is 2.65. The van der Waals surface area contributed by atoms with Gasteiger partial charge in [-0.25, -0.2) is 14.8 Å². The third kappa shape index (κ3) is 3.73. The number of methoxy groups -OCH3 is 2. The Hall–Kier alpha value is -3.03. The van der Waals surface area contributed by atoms with E-state index in [-0.39, 0.29) is 12.0 Å². The molecule has 0 atom stereocenters. The lowest BCUT2D eigenvalue weighted by molar-refractivity contribution is 0.191. The summed E-state index contributed by atoms with van der Waals surface area (Å²) in [5, 5.41) is 2.92. The number of carbonyl (C=O) groups is 1. The summed E-state index contributed by atoms with van der Waals surface area (Å²) < 4.78 is 10.5. The molecule has 0 fully saturated rings. The lowest BCUT2D eigenvalue weighted by atomic mass is 10.1. The highest BCUT2D eigenvalue weighted by atomic mass is 16.5. The van der Waals surface area contributed by atoms with Crippen LogP contribution >= 0.6 is 0 Å². The first-order valence-electron chi connectivity index (χ1n) is 7.94. The van der Waals surface area contributed by atoms with E-state index in [2.05, 4.69) is 15.3 Å². The van der Waals surface area contributed by atoms with Gasteiger partial charge >= 0.3 is 6.03 Å². The number of anilines is 1. The maximum atomic E-state index is 12.4. The number of hydrogen-bond acceptors (Lipinski definition) is 6. The Morgan fingerprint density at radius 3 is 2.88 bits per heavy atom. The molecule has 1 aliphatic rings. The predicted molar refractivity (Wildman–Crippen MR) is 92.3 cm³/mol. The number of carbonyl (C=O) groups excluding carboxylic acids is 1. The number of benzene rings is 1. The quantitative estimate of drug-likeness (QED) is 0.868. The summed E-state index contributed by atoms with van der Waals surface area (Å²) in [6.45, 7) is 1.45. The molecular formula is C17H21N5O3. The Bertz CT molecular complexity index is 781. The fourth-order valence-electron chi connectivity index (χ4n) is 2.77. The van der Waals surface area contributed by atoms with E-state index >= 15 is 0 Å². The van der Waals surface area contributed by atoms with Gasteiger partial charge in [0.15, 0.2) is 11.5 Å². The summed E-state index contributed by atoms with van der Waals surface area (Å²) in [6, 6.07) is 5.41. The number of nitrogen functional groups attached to an aromatic ring is 1. The average molecular weight is 343 g/mol. The van der Waals surface area contributed by atoms with Crippen LogP contribution in [0.25, 0.3) is 0 Å². The summed E-state index contributed by atoms with van der Waals surface area (Å²) in [5.74, 6) is 1.52. The molecule has 0 saturated heterocycles. The molecule has 2 amide bonds. The van der Waals surface area contributed by atoms with Crippen LogP contribution in [0.4, 0.5) is 10.7 Å². The van der Waals surface area contributed by atoms with Crippen LogP contribution in [-0.4, -0.2) is 41.7 Å². The molecule has 0 bridgehead atoms. The van der Waals surface area contributed by atoms with Gasteiger partial charge in [-0.3, -0.25) is 0 Å². The minimum Gasteiger partial charge on any atom is -0.493 e. The van der Waals surface area contributed by atoms with E-state index in [4.69, 9.17) is 15.2 Å². The second-order valence-electron chi connectivity index (χ2n) is 5.72. The zero-order valence-electron chi connectivity index (χ0n) is 14.3. The van der Waals surface area contributed by atoms with Gasteiger partial charge in [0, 0.05) is 19.3 Å². The van der Waals surface area contributed by atoms with E-state index < -0.39 is 0 Å². The normalized spacial score (nSPS) is 13.1. The molecule has 3 N–H and O–H groups in total. The van der Waals surface area contributed by atoms with E-state index in [0.717, 1.165) is 23.2 Å². The van der Waals surface area contributed by atoms with Crippen molar-refractivity contribution in [2.75, 3.05) is 26.5 Å². The summed E-state index contributed by atoms with van der Waals surface area (Å²) >= 11 is 0. The first-order chi connectivity index (χ1) is 12.1. The maximum Gasteiger partial charge on any atom is 0.318 e. The number of hydrogen-bond donors (Lipinski definition) is 2. The Labute approximate surface area is 146 Å². The van der Waals surface area contributed by atoms with Crippen molar-refractivity contribution in [3.63, 3.8) is 0 Å². The van der Waals surface area contributed by atoms with E-state index in [1.165, 1.54) is 0 Å². The summed E-state index contributed by atoms with van der Waals surface area (Å²) in [7, 11) is 3.17. The number of rotatable bonds is 4. The van der Waals surface area contributed by atoms with Crippen molar-refractivity contribution in [3.8, 4) is 11.5 Å². The number of nitrogens with two attached hydrogens (primary N) is 1. The van der Waals surface area contributed by atoms with Crippen molar-refractivity contribution in [1.82, 2.24) is 20.2 Å². The molecule has 0 aliphatic carbocycles. The third-order valence-corrected chi connectivity index (χ3v) is 4.14. The first kappa shape index (κ1) is 16.8. The van der Waals surface area contributed by atoms with Crippen LogP contribution in [0.15, 0.2) is 24.4 Å². The van der Waals surface area contributed by atoms with Gasteiger partial charge in [0.2, 0.25) is 5.95 Å². The molecular weight excluding hydrogens is 322 g/mol. The topological polar surface area (TPSA) is 103 Å². The molecule has 0 unspecified atom stereocenters. The zero-order chi connectivity index (χ0) is 17.8. The molecule has 25 heavy (non-hydrogen) atoms. The molecule has 3 rings (SSSR count). The van der Waals surface area contributed by atoms with Gasteiger partial charge < -0.3 is 25.4 Å². The Morgan fingerprint density at radius 1 is 1.32 bits per heavy atom. The molecule has 0 saturated carbocycles.